The summed E-state index contributed by atoms with van der Waals surface area (Å²) in [5.41, 5.74) is 0. The lowest BCUT2D eigenvalue weighted by atomic mass is 10.5. The highest BCUT2D eigenvalue weighted by molar-refractivity contribution is 8.25. The van der Waals surface area contributed by atoms with Crippen molar-refractivity contribution in [1.82, 2.24) is 0 Å². The van der Waals surface area contributed by atoms with Crippen LogP contribution in [-0.4, -0.2) is 9.83 Å². The summed E-state index contributed by atoms with van der Waals surface area (Å²) in [5, 5.41) is 3.11. The van der Waals surface area contributed by atoms with E-state index in [1.165, 1.54) is 0 Å². The van der Waals surface area contributed by atoms with Gasteiger partial charge in [-0.1, -0.05) is 6.08 Å². The summed E-state index contributed by atoms with van der Waals surface area (Å²) in [6.45, 7) is 0. The van der Waals surface area contributed by atoms with Gasteiger partial charge in [-0.05, 0) is 5.41 Å². The predicted molar refractivity (Wildman–Crippen MR) is 31.9 cm³/mol. The van der Waals surface area contributed by atoms with Gasteiger partial charge in [0.05, 0.1) is 4.58 Å². The van der Waals surface area contributed by atoms with Crippen LogP contribution in [0.3, 0.4) is 0 Å². The molecule has 0 amide bonds. The molecule has 2 heteroatoms. The fraction of sp³-hybridized carbons (Fsp3) is 0.500. The molecule has 2 aliphatic rings. The number of hydrogen-bond donors (Lipinski definition) is 0. The van der Waals surface area contributed by atoms with Crippen LogP contribution in [0.2, 0.25) is 0 Å². The Kier molecular flexibility index (Phi) is 0.565. The van der Waals surface area contributed by atoms with Crippen LogP contribution in [0.25, 0.3) is 0 Å². The molecule has 0 aliphatic carbocycles. The van der Waals surface area contributed by atoms with Crippen molar-refractivity contribution in [2.75, 3.05) is 0 Å². The SMILES string of the molecule is C1=CC2SC2S1. The Labute approximate surface area is 45.4 Å². The quantitative estimate of drug-likeness (QED) is 0.442. The summed E-state index contributed by atoms with van der Waals surface area (Å²) >= 11 is 4.01. The average Bonchev–Trinajstić information content (AvgIpc) is 2.17. The van der Waals surface area contributed by atoms with Gasteiger partial charge >= 0.3 is 0 Å². The second-order valence-electron chi connectivity index (χ2n) is 1.43. The maximum absolute atomic E-state index is 2.28. The highest BCUT2D eigenvalue weighted by atomic mass is 32.2. The van der Waals surface area contributed by atoms with Crippen molar-refractivity contribution < 1.29 is 0 Å². The molecule has 0 spiro atoms. The van der Waals surface area contributed by atoms with Gasteiger partial charge in [0.15, 0.2) is 0 Å². The highest BCUT2D eigenvalue weighted by Crippen LogP contribution is 2.54. The molecule has 2 heterocycles. The number of hydrogen-bond acceptors (Lipinski definition) is 2. The Morgan fingerprint density at radius 3 is 2.67 bits per heavy atom. The van der Waals surface area contributed by atoms with Gasteiger partial charge in [-0.2, -0.15) is 0 Å². The van der Waals surface area contributed by atoms with Crippen molar-refractivity contribution in [1.29, 1.82) is 0 Å². The Bertz CT molecular complexity index is 97.7. The first-order chi connectivity index (χ1) is 2.97. The highest BCUT2D eigenvalue weighted by Gasteiger charge is 2.39. The maximum atomic E-state index is 2.28. The fourth-order valence-corrected chi connectivity index (χ4v) is 2.82. The molecule has 1 fully saturated rings. The number of thioether (sulfide) groups is 2. The predicted octanol–water partition coefficient (Wildman–Crippen LogP) is 1.69. The normalized spacial score (nSPS) is 49.3. The smallest absolute Gasteiger partial charge is 0.0704 e. The van der Waals surface area contributed by atoms with Crippen LogP contribution < -0.4 is 0 Å². The van der Waals surface area contributed by atoms with E-state index < -0.39 is 0 Å². The Morgan fingerprint density at radius 2 is 2.50 bits per heavy atom. The number of rotatable bonds is 0. The standard InChI is InChI=1S/C4H4S2/c1-2-5-4-3(1)6-4/h1-4H. The van der Waals surface area contributed by atoms with Crippen LogP contribution in [0.5, 0.6) is 0 Å². The van der Waals surface area contributed by atoms with Gasteiger partial charge < -0.3 is 0 Å². The van der Waals surface area contributed by atoms with Gasteiger partial charge in [-0.15, -0.1) is 23.5 Å². The van der Waals surface area contributed by atoms with E-state index in [0.29, 0.717) is 0 Å². The van der Waals surface area contributed by atoms with Crippen molar-refractivity contribution in [3.8, 4) is 0 Å². The van der Waals surface area contributed by atoms with E-state index in [-0.39, 0.29) is 0 Å². The minimum absolute atomic E-state index is 0.912. The fourth-order valence-electron chi connectivity index (χ4n) is 0.555. The third-order valence-electron chi connectivity index (χ3n) is 0.964. The van der Waals surface area contributed by atoms with Crippen LogP contribution >= 0.6 is 23.5 Å². The molecule has 2 aliphatic heterocycles. The maximum Gasteiger partial charge on any atom is 0.0704 e. The molecular weight excluding hydrogens is 112 g/mol. The lowest BCUT2D eigenvalue weighted by molar-refractivity contribution is 1.39. The van der Waals surface area contributed by atoms with Crippen molar-refractivity contribution in [3.63, 3.8) is 0 Å². The van der Waals surface area contributed by atoms with Crippen molar-refractivity contribution >= 4 is 23.5 Å². The van der Waals surface area contributed by atoms with Gasteiger partial charge in [-0.3, -0.25) is 0 Å². The lowest BCUT2D eigenvalue weighted by Crippen LogP contribution is -1.69. The molecule has 0 nitrogen and oxygen atoms in total. The van der Waals surface area contributed by atoms with Crippen LogP contribution in [-0.2, 0) is 0 Å². The van der Waals surface area contributed by atoms with Crippen LogP contribution in [0.4, 0.5) is 0 Å². The first kappa shape index (κ1) is 3.44. The molecule has 0 saturated carbocycles. The van der Waals surface area contributed by atoms with E-state index in [1.807, 2.05) is 11.8 Å². The minimum Gasteiger partial charge on any atom is -0.136 e. The second-order valence-corrected chi connectivity index (χ2v) is 4.11. The van der Waals surface area contributed by atoms with Crippen LogP contribution in [0.1, 0.15) is 0 Å². The molecule has 2 unspecified atom stereocenters. The average molecular weight is 116 g/mol. The molecule has 2 atom stereocenters. The first-order valence-corrected chi connectivity index (χ1v) is 3.83. The van der Waals surface area contributed by atoms with Gasteiger partial charge in [0.1, 0.15) is 0 Å². The molecule has 0 radical (unpaired) electrons. The summed E-state index contributed by atoms with van der Waals surface area (Å²) in [5.74, 6) is 0. The molecule has 0 aromatic heterocycles. The van der Waals surface area contributed by atoms with E-state index in [0.717, 1.165) is 9.83 Å². The molecule has 1 saturated heterocycles. The molecule has 0 bridgehead atoms. The molecule has 0 aromatic carbocycles. The third kappa shape index (κ3) is 0.340. The van der Waals surface area contributed by atoms with E-state index in [2.05, 4.69) is 23.2 Å². The summed E-state index contributed by atoms with van der Waals surface area (Å²) in [6, 6.07) is 0. The number of fused-ring (bicyclic) bond motifs is 1. The monoisotopic (exact) mass is 116 g/mol. The largest absolute Gasteiger partial charge is 0.136 e. The Hall–Kier alpha value is 0.440. The topological polar surface area (TPSA) is 0 Å². The molecule has 32 valence electrons. The van der Waals surface area contributed by atoms with E-state index in [4.69, 9.17) is 0 Å². The Morgan fingerprint density at radius 1 is 1.50 bits per heavy atom. The van der Waals surface area contributed by atoms with E-state index in [1.54, 1.807) is 0 Å². The van der Waals surface area contributed by atoms with Gasteiger partial charge in [0.2, 0.25) is 0 Å². The minimum atomic E-state index is 0.912. The zero-order valence-corrected chi connectivity index (χ0v) is 4.76. The molecule has 2 rings (SSSR count). The Balaban J connectivity index is 2.26. The second kappa shape index (κ2) is 0.984. The zero-order valence-electron chi connectivity index (χ0n) is 3.13. The van der Waals surface area contributed by atoms with Crippen molar-refractivity contribution in [2.45, 2.75) is 9.83 Å². The van der Waals surface area contributed by atoms with Crippen LogP contribution in [0.15, 0.2) is 11.5 Å². The summed E-state index contributed by atoms with van der Waals surface area (Å²) in [4.78, 5) is 0. The molecular formula is C4H4S2. The van der Waals surface area contributed by atoms with Gasteiger partial charge in [-0.25, -0.2) is 0 Å². The van der Waals surface area contributed by atoms with Crippen molar-refractivity contribution in [3.05, 3.63) is 11.5 Å². The van der Waals surface area contributed by atoms with E-state index in [9.17, 15) is 0 Å². The molecule has 0 N–H and O–H groups in total. The van der Waals surface area contributed by atoms with Crippen LogP contribution in [0, 0.1) is 0 Å². The summed E-state index contributed by atoms with van der Waals surface area (Å²) in [6.07, 6.45) is 2.28. The third-order valence-corrected chi connectivity index (χ3v) is 3.67. The van der Waals surface area contributed by atoms with E-state index >= 15 is 0 Å². The molecule has 0 aromatic rings. The zero-order chi connectivity index (χ0) is 3.98. The summed E-state index contributed by atoms with van der Waals surface area (Å²) < 4.78 is 0.935. The lowest BCUT2D eigenvalue weighted by Gasteiger charge is -1.71. The van der Waals surface area contributed by atoms with Gasteiger partial charge in [0.25, 0.3) is 0 Å². The van der Waals surface area contributed by atoms with Gasteiger partial charge in [0, 0.05) is 5.25 Å². The first-order valence-electron chi connectivity index (χ1n) is 1.94. The summed E-state index contributed by atoms with van der Waals surface area (Å²) in [7, 11) is 0. The molecule has 6 heavy (non-hydrogen) atoms. The van der Waals surface area contributed by atoms with Crippen molar-refractivity contribution in [2.24, 2.45) is 0 Å².